The van der Waals surface area contributed by atoms with Gasteiger partial charge in [-0.2, -0.15) is 0 Å². The van der Waals surface area contributed by atoms with E-state index in [9.17, 15) is 4.79 Å². The summed E-state index contributed by atoms with van der Waals surface area (Å²) in [7, 11) is 0. The zero-order valence-electron chi connectivity index (χ0n) is 13.1. The number of carbonyl (C=O) groups is 1. The Bertz CT molecular complexity index is 616. The maximum atomic E-state index is 12.0. The van der Waals surface area contributed by atoms with E-state index in [2.05, 4.69) is 31.1 Å². The summed E-state index contributed by atoms with van der Waals surface area (Å²) < 4.78 is 0. The number of halogens is 1. The van der Waals surface area contributed by atoms with Gasteiger partial charge in [0.25, 0.3) is 0 Å². The van der Waals surface area contributed by atoms with Crippen LogP contribution in [0.4, 0.5) is 11.4 Å². The molecule has 4 nitrogen and oxygen atoms in total. The maximum absolute atomic E-state index is 12.0. The number of hydrogen-bond acceptors (Lipinski definition) is 3. The van der Waals surface area contributed by atoms with Gasteiger partial charge in [-0.3, -0.25) is 9.78 Å². The van der Waals surface area contributed by atoms with Crippen molar-refractivity contribution in [1.29, 1.82) is 0 Å². The van der Waals surface area contributed by atoms with Crippen LogP contribution in [0.2, 0.25) is 0 Å². The van der Waals surface area contributed by atoms with E-state index >= 15 is 0 Å². The monoisotopic (exact) mass is 319 g/mol. The molecule has 0 fully saturated rings. The van der Waals surface area contributed by atoms with Gasteiger partial charge in [-0.05, 0) is 35.2 Å². The topological polar surface area (TPSA) is 68.0 Å². The number of pyridine rings is 1. The lowest BCUT2D eigenvalue weighted by Crippen LogP contribution is -2.16. The Morgan fingerprint density at radius 3 is 2.27 bits per heavy atom. The van der Waals surface area contributed by atoms with Crippen LogP contribution in [0.1, 0.15) is 32.0 Å². The summed E-state index contributed by atoms with van der Waals surface area (Å²) in [6.45, 7) is 6.48. The SMILES string of the molecule is CC(C)(C)c1ccc(NC(=O)Cc2ccc(N)cn2)cc1.Cl. The fourth-order valence-electron chi connectivity index (χ4n) is 1.96. The number of nitrogen functional groups attached to an aromatic ring is 1. The molecule has 1 aromatic heterocycles. The number of amides is 1. The van der Waals surface area contributed by atoms with Gasteiger partial charge in [-0.15, -0.1) is 12.4 Å². The maximum Gasteiger partial charge on any atom is 0.230 e. The molecule has 0 atom stereocenters. The molecule has 0 saturated carbocycles. The Balaban J connectivity index is 0.00000242. The van der Waals surface area contributed by atoms with E-state index < -0.39 is 0 Å². The Morgan fingerprint density at radius 1 is 1.14 bits per heavy atom. The standard InChI is InChI=1S/C17H21N3O.ClH/c1-17(2,3)12-4-7-14(8-5-12)20-16(21)10-15-9-6-13(18)11-19-15;/h4-9,11H,10,18H2,1-3H3,(H,20,21);1H. The van der Waals surface area contributed by atoms with Crippen molar-refractivity contribution in [1.82, 2.24) is 4.98 Å². The number of nitrogens with one attached hydrogen (secondary N) is 1. The van der Waals surface area contributed by atoms with Crippen molar-refractivity contribution < 1.29 is 4.79 Å². The van der Waals surface area contributed by atoms with Crippen molar-refractivity contribution in [2.45, 2.75) is 32.6 Å². The van der Waals surface area contributed by atoms with Crippen molar-refractivity contribution in [3.63, 3.8) is 0 Å². The van der Waals surface area contributed by atoms with Crippen molar-refractivity contribution in [3.05, 3.63) is 53.9 Å². The fraction of sp³-hybridized carbons (Fsp3) is 0.294. The van der Waals surface area contributed by atoms with E-state index in [0.29, 0.717) is 11.4 Å². The van der Waals surface area contributed by atoms with Gasteiger partial charge in [0.05, 0.1) is 18.3 Å². The van der Waals surface area contributed by atoms with Crippen LogP contribution in [0.3, 0.4) is 0 Å². The summed E-state index contributed by atoms with van der Waals surface area (Å²) in [4.78, 5) is 16.1. The molecule has 2 rings (SSSR count). The lowest BCUT2D eigenvalue weighted by atomic mass is 9.87. The minimum atomic E-state index is -0.0872. The predicted molar refractivity (Wildman–Crippen MR) is 93.4 cm³/mol. The average Bonchev–Trinajstić information content (AvgIpc) is 2.41. The molecule has 1 aromatic carbocycles. The van der Waals surface area contributed by atoms with E-state index in [4.69, 9.17) is 5.73 Å². The quantitative estimate of drug-likeness (QED) is 0.908. The van der Waals surface area contributed by atoms with E-state index in [1.807, 2.05) is 24.3 Å². The minimum absolute atomic E-state index is 0. The van der Waals surface area contributed by atoms with Gasteiger partial charge in [0.15, 0.2) is 0 Å². The van der Waals surface area contributed by atoms with Crippen molar-refractivity contribution >= 4 is 29.7 Å². The van der Waals surface area contributed by atoms with Crippen LogP contribution in [-0.2, 0) is 16.6 Å². The largest absolute Gasteiger partial charge is 0.397 e. The highest BCUT2D eigenvalue weighted by molar-refractivity contribution is 5.92. The molecular weight excluding hydrogens is 298 g/mol. The molecule has 118 valence electrons. The number of hydrogen-bond donors (Lipinski definition) is 2. The summed E-state index contributed by atoms with van der Waals surface area (Å²) in [6.07, 6.45) is 1.79. The van der Waals surface area contributed by atoms with Crippen LogP contribution in [0, 0.1) is 0 Å². The Hall–Kier alpha value is -2.07. The van der Waals surface area contributed by atoms with Gasteiger partial charge in [-0.25, -0.2) is 0 Å². The Morgan fingerprint density at radius 2 is 1.77 bits per heavy atom. The molecular formula is C17H22ClN3O. The molecule has 0 aliphatic heterocycles. The normalized spacial score (nSPS) is 10.7. The van der Waals surface area contributed by atoms with Crippen LogP contribution >= 0.6 is 12.4 Å². The highest BCUT2D eigenvalue weighted by Gasteiger charge is 2.13. The first-order chi connectivity index (χ1) is 9.84. The number of nitrogens with two attached hydrogens (primary N) is 1. The molecule has 0 bridgehead atoms. The van der Waals surface area contributed by atoms with E-state index in [1.165, 1.54) is 5.56 Å². The lowest BCUT2D eigenvalue weighted by Gasteiger charge is -2.19. The van der Waals surface area contributed by atoms with Crippen molar-refractivity contribution in [2.24, 2.45) is 0 Å². The second-order valence-corrected chi connectivity index (χ2v) is 6.14. The highest BCUT2D eigenvalue weighted by Crippen LogP contribution is 2.23. The number of rotatable bonds is 3. The van der Waals surface area contributed by atoms with Gasteiger partial charge >= 0.3 is 0 Å². The molecule has 0 unspecified atom stereocenters. The first kappa shape index (κ1) is 18.0. The molecule has 2 aromatic rings. The smallest absolute Gasteiger partial charge is 0.230 e. The number of anilines is 2. The van der Waals surface area contributed by atoms with E-state index in [1.54, 1.807) is 18.3 Å². The van der Waals surface area contributed by atoms with E-state index in [-0.39, 0.29) is 30.2 Å². The second kappa shape index (κ2) is 7.27. The molecule has 1 amide bonds. The number of aromatic nitrogens is 1. The van der Waals surface area contributed by atoms with Crippen LogP contribution in [0.15, 0.2) is 42.6 Å². The number of nitrogens with zero attached hydrogens (tertiary/aromatic N) is 1. The molecule has 3 N–H and O–H groups in total. The molecule has 22 heavy (non-hydrogen) atoms. The fourth-order valence-corrected chi connectivity index (χ4v) is 1.96. The lowest BCUT2D eigenvalue weighted by molar-refractivity contribution is -0.115. The molecule has 0 aliphatic carbocycles. The summed E-state index contributed by atoms with van der Waals surface area (Å²) in [6, 6.07) is 11.4. The zero-order chi connectivity index (χ0) is 15.5. The third-order valence-corrected chi connectivity index (χ3v) is 3.22. The summed E-state index contributed by atoms with van der Waals surface area (Å²) in [5.74, 6) is -0.0872. The molecule has 5 heteroatoms. The molecule has 0 saturated heterocycles. The summed E-state index contributed by atoms with van der Waals surface area (Å²) in [5, 5.41) is 2.87. The Kier molecular flexibility index (Phi) is 5.94. The van der Waals surface area contributed by atoms with Gasteiger partial charge in [-0.1, -0.05) is 32.9 Å². The molecule has 0 spiro atoms. The minimum Gasteiger partial charge on any atom is -0.397 e. The first-order valence-electron chi connectivity index (χ1n) is 6.95. The van der Waals surface area contributed by atoms with Crippen molar-refractivity contribution in [2.75, 3.05) is 11.1 Å². The van der Waals surface area contributed by atoms with Crippen LogP contribution < -0.4 is 11.1 Å². The van der Waals surface area contributed by atoms with Crippen molar-refractivity contribution in [3.8, 4) is 0 Å². The van der Waals surface area contributed by atoms with Gasteiger partial charge in [0.2, 0.25) is 5.91 Å². The molecule has 0 radical (unpaired) electrons. The number of benzene rings is 1. The second-order valence-electron chi connectivity index (χ2n) is 6.14. The van der Waals surface area contributed by atoms with E-state index in [0.717, 1.165) is 5.69 Å². The van der Waals surface area contributed by atoms with Crippen LogP contribution in [0.5, 0.6) is 0 Å². The van der Waals surface area contributed by atoms with Gasteiger partial charge in [0.1, 0.15) is 0 Å². The first-order valence-corrected chi connectivity index (χ1v) is 6.95. The third-order valence-electron chi connectivity index (χ3n) is 3.22. The van der Waals surface area contributed by atoms with Crippen LogP contribution in [0.25, 0.3) is 0 Å². The average molecular weight is 320 g/mol. The highest BCUT2D eigenvalue weighted by atomic mass is 35.5. The number of carbonyl (C=O) groups excluding carboxylic acids is 1. The zero-order valence-corrected chi connectivity index (χ0v) is 13.9. The summed E-state index contributed by atoms with van der Waals surface area (Å²) in [5.41, 5.74) is 9.00. The van der Waals surface area contributed by atoms with Gasteiger partial charge < -0.3 is 11.1 Å². The molecule has 1 heterocycles. The van der Waals surface area contributed by atoms with Crippen LogP contribution in [-0.4, -0.2) is 10.9 Å². The predicted octanol–water partition coefficient (Wildman–Crippen LogP) is 3.56. The Labute approximate surface area is 137 Å². The third kappa shape index (κ3) is 5.04. The summed E-state index contributed by atoms with van der Waals surface area (Å²) >= 11 is 0. The molecule has 0 aliphatic rings. The van der Waals surface area contributed by atoms with Gasteiger partial charge in [0, 0.05) is 11.4 Å².